The Balaban J connectivity index is 1.47. The molecule has 45 heavy (non-hydrogen) atoms. The molecule has 3 aliphatic heterocycles. The average molecular weight is 598 g/mol. The zero-order valence-electron chi connectivity index (χ0n) is 24.8. The third-order valence-corrected chi connectivity index (χ3v) is 9.34. The average Bonchev–Trinajstić information content (AvgIpc) is 3.52. The van der Waals surface area contributed by atoms with Crippen LogP contribution in [0.2, 0.25) is 0 Å². The Labute approximate surface area is 260 Å². The molecule has 7 rings (SSSR count). The van der Waals surface area contributed by atoms with E-state index in [2.05, 4.69) is 19.2 Å². The Morgan fingerprint density at radius 3 is 2.24 bits per heavy atom. The van der Waals surface area contributed by atoms with Gasteiger partial charge in [0.15, 0.2) is 11.6 Å². The quantitative estimate of drug-likeness (QED) is 0.145. The van der Waals surface area contributed by atoms with Crippen LogP contribution in [0.25, 0.3) is 6.08 Å². The minimum Gasteiger partial charge on any atom is -0.352 e. The number of nitrogens with one attached hydrogen (secondary N) is 1. The molecular weight excluding hydrogens is 566 g/mol. The largest absolute Gasteiger partial charge is 0.352 e. The zero-order valence-corrected chi connectivity index (χ0v) is 24.8. The molecule has 1 N–H and O–H groups in total. The summed E-state index contributed by atoms with van der Waals surface area (Å²) in [7, 11) is 0. The number of carbonyl (C=O) groups excluding carboxylic acids is 3. The van der Waals surface area contributed by atoms with Gasteiger partial charge >= 0.3 is 0 Å². The summed E-state index contributed by atoms with van der Waals surface area (Å²) < 4.78 is 0. The van der Waals surface area contributed by atoms with Gasteiger partial charge in [0.25, 0.3) is 5.69 Å². The van der Waals surface area contributed by atoms with Gasteiger partial charge in [-0.15, -0.1) is 0 Å². The number of non-ortho nitro benzene ring substituents is 1. The number of hydrogen-bond donors (Lipinski definition) is 1. The van der Waals surface area contributed by atoms with E-state index in [0.717, 1.165) is 23.2 Å². The number of nitro benzene ring substituents is 1. The highest BCUT2D eigenvalue weighted by Gasteiger charge is 2.70. The Morgan fingerprint density at radius 2 is 1.53 bits per heavy atom. The molecule has 1 spiro atoms. The topological polar surface area (TPSA) is 110 Å². The van der Waals surface area contributed by atoms with Gasteiger partial charge in [0.05, 0.1) is 16.9 Å². The molecule has 0 aromatic heterocycles. The molecule has 0 saturated carbocycles. The minimum atomic E-state index is -1.42. The second-order valence-corrected chi connectivity index (χ2v) is 12.4. The van der Waals surface area contributed by atoms with Crippen molar-refractivity contribution in [2.75, 3.05) is 10.2 Å². The van der Waals surface area contributed by atoms with Crippen molar-refractivity contribution < 1.29 is 19.3 Å². The fraction of sp³-hybridized carbons (Fsp3) is 0.216. The van der Waals surface area contributed by atoms with Crippen molar-refractivity contribution in [2.24, 2.45) is 11.8 Å². The Kier molecular flexibility index (Phi) is 6.73. The van der Waals surface area contributed by atoms with Gasteiger partial charge < -0.3 is 10.2 Å². The monoisotopic (exact) mass is 597 g/mol. The number of ketones is 2. The number of fused-ring (bicyclic) bond motifs is 6. The van der Waals surface area contributed by atoms with Crippen LogP contribution in [0.1, 0.15) is 51.3 Å². The first kappa shape index (κ1) is 28.4. The van der Waals surface area contributed by atoms with Crippen molar-refractivity contribution in [1.82, 2.24) is 0 Å². The van der Waals surface area contributed by atoms with E-state index < -0.39 is 28.3 Å². The van der Waals surface area contributed by atoms with Crippen molar-refractivity contribution in [2.45, 2.75) is 37.8 Å². The third-order valence-electron chi connectivity index (χ3n) is 9.34. The van der Waals surface area contributed by atoms with Crippen LogP contribution in [0, 0.1) is 22.0 Å². The van der Waals surface area contributed by atoms with Gasteiger partial charge in [-0.25, -0.2) is 0 Å². The molecule has 1 fully saturated rings. The number of nitro groups is 1. The number of rotatable bonds is 7. The highest BCUT2D eigenvalue weighted by molar-refractivity contribution is 6.18. The maximum Gasteiger partial charge on any atom is 0.269 e. The summed E-state index contributed by atoms with van der Waals surface area (Å²) in [4.78, 5) is 57.0. The van der Waals surface area contributed by atoms with Crippen LogP contribution in [0.15, 0.2) is 103 Å². The fourth-order valence-electron chi connectivity index (χ4n) is 7.49. The van der Waals surface area contributed by atoms with E-state index in [1.54, 1.807) is 12.1 Å². The first-order valence-electron chi connectivity index (χ1n) is 15.1. The second kappa shape index (κ2) is 10.7. The van der Waals surface area contributed by atoms with Crippen LogP contribution >= 0.6 is 0 Å². The molecule has 0 bridgehead atoms. The Bertz CT molecular complexity index is 1900. The maximum atomic E-state index is 15.0. The van der Waals surface area contributed by atoms with E-state index in [0.29, 0.717) is 22.7 Å². The standard InChI is InChI=1S/C37H31N3O5/c1-22(2)21-23-11-13-25(14-12-23)34(41)32-33(35(42)26-15-18-27(19-16-26)40(44)45)39-30-10-6-3-7-24(30)17-20-31(39)37(32)28-8-4-5-9-29(28)38-36(37)43/h3-20,22,31-33H,21H2,1-2H3,(H,38,43)/t31-,32-,33+,37-/m0/s1. The van der Waals surface area contributed by atoms with Gasteiger partial charge in [-0.05, 0) is 53.3 Å². The van der Waals surface area contributed by atoms with Crippen molar-refractivity contribution in [3.05, 3.63) is 141 Å². The molecule has 0 unspecified atom stereocenters. The van der Waals surface area contributed by atoms with Crippen LogP contribution in [-0.2, 0) is 16.6 Å². The number of benzene rings is 4. The fourth-order valence-corrected chi connectivity index (χ4v) is 7.49. The lowest BCUT2D eigenvalue weighted by molar-refractivity contribution is -0.384. The van der Waals surface area contributed by atoms with Gasteiger partial charge in [-0.3, -0.25) is 24.5 Å². The van der Waals surface area contributed by atoms with Crippen molar-refractivity contribution in [3.8, 4) is 0 Å². The second-order valence-electron chi connectivity index (χ2n) is 12.4. The van der Waals surface area contributed by atoms with Crippen LogP contribution in [0.3, 0.4) is 0 Å². The maximum absolute atomic E-state index is 15.0. The van der Waals surface area contributed by atoms with Gasteiger partial charge in [-0.2, -0.15) is 0 Å². The molecule has 1 saturated heterocycles. The number of carbonyl (C=O) groups is 3. The van der Waals surface area contributed by atoms with E-state index in [4.69, 9.17) is 0 Å². The predicted molar refractivity (Wildman–Crippen MR) is 173 cm³/mol. The summed E-state index contributed by atoms with van der Waals surface area (Å²) in [5.74, 6) is -1.70. The van der Waals surface area contributed by atoms with Gasteiger partial charge in [0.1, 0.15) is 11.5 Å². The number of Topliss-reactive ketones (excluding diaryl/α,β-unsaturated/α-hetero) is 2. The lowest BCUT2D eigenvalue weighted by Crippen LogP contribution is -2.51. The summed E-state index contributed by atoms with van der Waals surface area (Å²) >= 11 is 0. The number of hydrogen-bond acceptors (Lipinski definition) is 6. The summed E-state index contributed by atoms with van der Waals surface area (Å²) in [5.41, 5.74) is 3.07. The van der Waals surface area contributed by atoms with E-state index in [1.807, 2.05) is 77.7 Å². The van der Waals surface area contributed by atoms with Gasteiger partial charge in [0, 0.05) is 34.6 Å². The molecule has 4 aromatic carbocycles. The molecule has 4 aromatic rings. The summed E-state index contributed by atoms with van der Waals surface area (Å²) in [5, 5.41) is 14.4. The molecule has 1 amide bonds. The first-order chi connectivity index (χ1) is 21.7. The number of anilines is 2. The van der Waals surface area contributed by atoms with Crippen LogP contribution in [0.4, 0.5) is 17.1 Å². The lowest BCUT2D eigenvalue weighted by Gasteiger charge is -2.37. The molecule has 3 aliphatic rings. The van der Waals surface area contributed by atoms with Gasteiger partial charge in [0.2, 0.25) is 5.91 Å². The van der Waals surface area contributed by atoms with Crippen molar-refractivity contribution in [3.63, 3.8) is 0 Å². The molecule has 3 heterocycles. The molecule has 0 aliphatic carbocycles. The third kappa shape index (κ3) is 4.31. The van der Waals surface area contributed by atoms with Crippen molar-refractivity contribution in [1.29, 1.82) is 0 Å². The number of amides is 1. The van der Waals surface area contributed by atoms with E-state index in [1.165, 1.54) is 24.3 Å². The van der Waals surface area contributed by atoms with E-state index in [-0.39, 0.29) is 28.7 Å². The SMILES string of the molecule is CC(C)Cc1ccc(C(=O)[C@@H]2[C@H](C(=O)c3ccc([N+](=O)[O-])cc3)N3c4ccccc4C=C[C@H]3[C@]23C(=O)Nc2ccccc23)cc1. The number of nitrogens with zero attached hydrogens (tertiary/aromatic N) is 2. The normalized spacial score (nSPS) is 22.6. The molecule has 8 nitrogen and oxygen atoms in total. The Morgan fingerprint density at radius 1 is 0.889 bits per heavy atom. The summed E-state index contributed by atoms with van der Waals surface area (Å²) in [6, 6.07) is 26.2. The highest BCUT2D eigenvalue weighted by atomic mass is 16.6. The zero-order chi connectivity index (χ0) is 31.5. The van der Waals surface area contributed by atoms with Crippen LogP contribution in [-0.4, -0.2) is 34.5 Å². The number of para-hydroxylation sites is 2. The molecule has 224 valence electrons. The molecule has 8 heteroatoms. The first-order valence-corrected chi connectivity index (χ1v) is 15.1. The highest BCUT2D eigenvalue weighted by Crippen LogP contribution is 2.58. The lowest BCUT2D eigenvalue weighted by atomic mass is 9.64. The van der Waals surface area contributed by atoms with Crippen LogP contribution < -0.4 is 10.2 Å². The Hall–Kier alpha value is -5.37. The minimum absolute atomic E-state index is 0.142. The van der Waals surface area contributed by atoms with Crippen LogP contribution in [0.5, 0.6) is 0 Å². The summed E-state index contributed by atoms with van der Waals surface area (Å²) in [6.07, 6.45) is 4.74. The molecular formula is C37H31N3O5. The smallest absolute Gasteiger partial charge is 0.269 e. The predicted octanol–water partition coefficient (Wildman–Crippen LogP) is 6.65. The van der Waals surface area contributed by atoms with E-state index in [9.17, 15) is 24.5 Å². The van der Waals surface area contributed by atoms with Gasteiger partial charge in [-0.1, -0.05) is 86.7 Å². The molecule has 0 radical (unpaired) electrons. The summed E-state index contributed by atoms with van der Waals surface area (Å²) in [6.45, 7) is 4.26. The molecule has 4 atom stereocenters. The van der Waals surface area contributed by atoms with E-state index >= 15 is 0 Å². The van der Waals surface area contributed by atoms with Crippen molar-refractivity contribution >= 4 is 40.6 Å².